The van der Waals surface area contributed by atoms with Gasteiger partial charge in [-0.1, -0.05) is 13.0 Å². The van der Waals surface area contributed by atoms with Gasteiger partial charge >= 0.3 is 6.15 Å². The second-order valence-electron chi connectivity index (χ2n) is 4.59. The van der Waals surface area contributed by atoms with Crippen molar-refractivity contribution in [3.63, 3.8) is 0 Å². The maximum absolute atomic E-state index is 12.1. The van der Waals surface area contributed by atoms with Gasteiger partial charge < -0.3 is 4.90 Å². The molecule has 0 bridgehead atoms. The lowest BCUT2D eigenvalue weighted by Crippen LogP contribution is -2.28. The molecule has 0 aliphatic heterocycles. The van der Waals surface area contributed by atoms with Crippen LogP contribution in [0.25, 0.3) is 5.57 Å². The Hall–Kier alpha value is -2.04. The van der Waals surface area contributed by atoms with E-state index >= 15 is 0 Å². The predicted octanol–water partition coefficient (Wildman–Crippen LogP) is 2.45. The average molecular weight is 306 g/mol. The Balaban J connectivity index is 0.000000677. The summed E-state index contributed by atoms with van der Waals surface area (Å²) >= 11 is 1.64. The molecule has 21 heavy (non-hydrogen) atoms. The molecule has 1 amide bonds. The minimum Gasteiger partial charge on any atom is -0.342 e. The first-order chi connectivity index (χ1) is 10.0. The topological polar surface area (TPSA) is 67.3 Å². The second-order valence-corrected chi connectivity index (χ2v) is 5.66. The van der Waals surface area contributed by atoms with Crippen LogP contribution >= 0.6 is 11.3 Å². The lowest BCUT2D eigenvalue weighted by atomic mass is 10.2. The molecule has 5 nitrogen and oxygen atoms in total. The van der Waals surface area contributed by atoms with Crippen LogP contribution in [0.5, 0.6) is 0 Å². The Bertz CT molecular complexity index is 596. The predicted molar refractivity (Wildman–Crippen MR) is 80.5 cm³/mol. The SMILES string of the molecule is CCCN(C)C(=O)C1=CC(c2csc(C)n2)=CC1.O=C=O. The third-order valence-electron chi connectivity index (χ3n) is 2.97. The van der Waals surface area contributed by atoms with Gasteiger partial charge in [0.25, 0.3) is 0 Å². The van der Waals surface area contributed by atoms with Crippen LogP contribution in [0.3, 0.4) is 0 Å². The third kappa shape index (κ3) is 4.77. The standard InChI is InChI=1S/C14H18N2OS.CO2/c1-4-7-16(3)14(17)12-6-5-11(8-12)13-9-18-10(2)15-13;2-1-3/h5,8-9H,4,6-7H2,1-3H3;. The zero-order valence-electron chi connectivity index (χ0n) is 12.4. The fraction of sp³-hybridized carbons (Fsp3) is 0.400. The number of thiazole rings is 1. The van der Waals surface area contributed by atoms with Crippen molar-refractivity contribution in [3.8, 4) is 0 Å². The van der Waals surface area contributed by atoms with E-state index in [4.69, 9.17) is 9.59 Å². The van der Waals surface area contributed by atoms with Crippen molar-refractivity contribution in [2.24, 2.45) is 0 Å². The molecule has 0 N–H and O–H groups in total. The molecule has 1 aliphatic rings. The van der Waals surface area contributed by atoms with E-state index in [0.29, 0.717) is 0 Å². The number of likely N-dealkylation sites (N-methyl/N-ethyl adjacent to an activating group) is 1. The smallest absolute Gasteiger partial charge is 0.342 e. The highest BCUT2D eigenvalue weighted by molar-refractivity contribution is 7.09. The van der Waals surface area contributed by atoms with E-state index in [1.54, 1.807) is 16.2 Å². The van der Waals surface area contributed by atoms with Crippen LogP contribution < -0.4 is 0 Å². The van der Waals surface area contributed by atoms with Crippen molar-refractivity contribution in [2.75, 3.05) is 13.6 Å². The average Bonchev–Trinajstić information content (AvgIpc) is 3.07. The van der Waals surface area contributed by atoms with Crippen LogP contribution in [0.2, 0.25) is 0 Å². The molecule has 0 unspecified atom stereocenters. The maximum atomic E-state index is 12.1. The van der Waals surface area contributed by atoms with Gasteiger partial charge in [-0.2, -0.15) is 9.59 Å². The van der Waals surface area contributed by atoms with E-state index < -0.39 is 0 Å². The van der Waals surface area contributed by atoms with Crippen LogP contribution in [0.15, 0.2) is 23.1 Å². The molecule has 1 aromatic heterocycles. The normalized spacial score (nSPS) is 12.7. The Morgan fingerprint density at radius 3 is 2.67 bits per heavy atom. The molecule has 1 heterocycles. The monoisotopic (exact) mass is 306 g/mol. The number of rotatable bonds is 4. The Morgan fingerprint density at radius 1 is 1.48 bits per heavy atom. The van der Waals surface area contributed by atoms with E-state index in [9.17, 15) is 4.79 Å². The van der Waals surface area contributed by atoms with E-state index in [-0.39, 0.29) is 12.1 Å². The lowest BCUT2D eigenvalue weighted by Gasteiger charge is -2.16. The lowest BCUT2D eigenvalue weighted by molar-refractivity contribution is -0.191. The third-order valence-corrected chi connectivity index (χ3v) is 3.74. The van der Waals surface area contributed by atoms with Gasteiger partial charge in [-0.05, 0) is 31.4 Å². The molecule has 2 rings (SSSR count). The van der Waals surface area contributed by atoms with Crippen molar-refractivity contribution >= 4 is 29.0 Å². The van der Waals surface area contributed by atoms with Gasteiger partial charge in [-0.25, -0.2) is 4.98 Å². The Morgan fingerprint density at radius 2 is 2.14 bits per heavy atom. The molecule has 6 heteroatoms. The summed E-state index contributed by atoms with van der Waals surface area (Å²) in [6, 6.07) is 0. The summed E-state index contributed by atoms with van der Waals surface area (Å²) in [4.78, 5) is 34.6. The molecule has 0 radical (unpaired) electrons. The molecule has 1 aromatic rings. The fourth-order valence-corrected chi connectivity index (χ4v) is 2.65. The van der Waals surface area contributed by atoms with Crippen molar-refractivity contribution in [1.29, 1.82) is 0 Å². The molecule has 0 atom stereocenters. The second kappa shape index (κ2) is 8.29. The fourth-order valence-electron chi connectivity index (χ4n) is 2.03. The van der Waals surface area contributed by atoms with E-state index in [2.05, 4.69) is 18.0 Å². The largest absolute Gasteiger partial charge is 0.373 e. The molecular weight excluding hydrogens is 288 g/mol. The molecule has 0 aromatic carbocycles. The Labute approximate surface area is 128 Å². The first kappa shape index (κ1) is 17.0. The minimum atomic E-state index is 0.134. The van der Waals surface area contributed by atoms with Gasteiger partial charge in [0.2, 0.25) is 5.91 Å². The van der Waals surface area contributed by atoms with E-state index in [0.717, 1.165) is 41.2 Å². The van der Waals surface area contributed by atoms with Gasteiger partial charge in [0, 0.05) is 24.5 Å². The first-order valence-electron chi connectivity index (χ1n) is 6.61. The maximum Gasteiger partial charge on any atom is 0.373 e. The van der Waals surface area contributed by atoms with E-state index in [1.807, 2.05) is 25.4 Å². The number of carbonyl (C=O) groups excluding carboxylic acids is 3. The molecule has 0 saturated carbocycles. The summed E-state index contributed by atoms with van der Waals surface area (Å²) in [5, 5.41) is 3.10. The summed E-state index contributed by atoms with van der Waals surface area (Å²) in [5.41, 5.74) is 2.93. The van der Waals surface area contributed by atoms with Gasteiger partial charge in [-0.15, -0.1) is 11.3 Å². The molecule has 1 aliphatic carbocycles. The quantitative estimate of drug-likeness (QED) is 0.857. The van der Waals surface area contributed by atoms with Crippen molar-refractivity contribution in [3.05, 3.63) is 33.8 Å². The highest BCUT2D eigenvalue weighted by Crippen LogP contribution is 2.27. The summed E-state index contributed by atoms with van der Waals surface area (Å²) in [5.74, 6) is 0.134. The van der Waals surface area contributed by atoms with Crippen molar-refractivity contribution in [2.45, 2.75) is 26.7 Å². The Kier molecular flexibility index (Phi) is 6.72. The van der Waals surface area contributed by atoms with Crippen LogP contribution in [-0.2, 0) is 14.4 Å². The number of nitrogens with zero attached hydrogens (tertiary/aromatic N) is 2. The van der Waals surface area contributed by atoms with Crippen LogP contribution in [0.1, 0.15) is 30.5 Å². The zero-order valence-corrected chi connectivity index (χ0v) is 13.2. The van der Waals surface area contributed by atoms with Crippen molar-refractivity contribution < 1.29 is 14.4 Å². The molecule has 0 saturated heterocycles. The van der Waals surface area contributed by atoms with Gasteiger partial charge in [0.05, 0.1) is 10.7 Å². The summed E-state index contributed by atoms with van der Waals surface area (Å²) in [7, 11) is 1.86. The highest BCUT2D eigenvalue weighted by Gasteiger charge is 2.18. The van der Waals surface area contributed by atoms with Gasteiger partial charge in [-0.3, -0.25) is 4.79 Å². The van der Waals surface area contributed by atoms with E-state index in [1.165, 1.54) is 0 Å². The molecule has 112 valence electrons. The van der Waals surface area contributed by atoms with Crippen molar-refractivity contribution in [1.82, 2.24) is 9.88 Å². The highest BCUT2D eigenvalue weighted by atomic mass is 32.1. The van der Waals surface area contributed by atoms with Crippen LogP contribution in [-0.4, -0.2) is 35.5 Å². The van der Waals surface area contributed by atoms with Gasteiger partial charge in [0.1, 0.15) is 0 Å². The summed E-state index contributed by atoms with van der Waals surface area (Å²) in [6.45, 7) is 4.88. The number of aromatic nitrogens is 1. The van der Waals surface area contributed by atoms with Crippen LogP contribution in [0.4, 0.5) is 0 Å². The number of aryl methyl sites for hydroxylation is 1. The number of hydrogen-bond acceptors (Lipinski definition) is 5. The number of amides is 1. The van der Waals surface area contributed by atoms with Gasteiger partial charge in [0.15, 0.2) is 0 Å². The summed E-state index contributed by atoms with van der Waals surface area (Å²) < 4.78 is 0. The molecule has 0 fully saturated rings. The number of hydrogen-bond donors (Lipinski definition) is 0. The zero-order chi connectivity index (χ0) is 15.8. The number of carbonyl (C=O) groups is 1. The minimum absolute atomic E-state index is 0.134. The number of allylic oxidation sites excluding steroid dienone is 3. The summed E-state index contributed by atoms with van der Waals surface area (Å²) in [6.07, 6.45) is 6.02. The van der Waals surface area contributed by atoms with Crippen LogP contribution in [0, 0.1) is 6.92 Å². The first-order valence-corrected chi connectivity index (χ1v) is 7.49. The molecule has 0 spiro atoms. The molecular formula is C15H18N2O3S.